The molecule has 3 rings (SSSR count). The van der Waals surface area contributed by atoms with Gasteiger partial charge in [0, 0.05) is 19.0 Å². The Morgan fingerprint density at radius 3 is 2.78 bits per heavy atom. The molecule has 0 radical (unpaired) electrons. The van der Waals surface area contributed by atoms with Crippen LogP contribution in [-0.2, 0) is 11.2 Å². The number of nitrogens with one attached hydrogen (secondary N) is 2. The van der Waals surface area contributed by atoms with Crippen LogP contribution in [0.25, 0.3) is 0 Å². The van der Waals surface area contributed by atoms with E-state index in [1.165, 1.54) is 18.4 Å². The van der Waals surface area contributed by atoms with Crippen LogP contribution in [0.4, 0.5) is 0 Å². The van der Waals surface area contributed by atoms with Gasteiger partial charge in [-0.1, -0.05) is 25.5 Å². The molecule has 5 nitrogen and oxygen atoms in total. The third-order valence-corrected chi connectivity index (χ3v) is 5.33. The second-order valence-corrected chi connectivity index (χ2v) is 8.04. The summed E-state index contributed by atoms with van der Waals surface area (Å²) in [5.41, 5.74) is 1.34. The van der Waals surface area contributed by atoms with Crippen molar-refractivity contribution < 1.29 is 4.79 Å². The lowest BCUT2D eigenvalue weighted by Crippen LogP contribution is -2.29. The van der Waals surface area contributed by atoms with Gasteiger partial charge < -0.3 is 9.88 Å². The molecule has 1 aromatic rings. The number of aromatic amines is 1. The first-order valence-electron chi connectivity index (χ1n) is 8.41. The number of hydrogen-bond donors (Lipinski definition) is 2. The quantitative estimate of drug-likeness (QED) is 0.620. The van der Waals surface area contributed by atoms with Crippen LogP contribution in [-0.4, -0.2) is 27.2 Å². The Labute approximate surface area is 142 Å². The van der Waals surface area contributed by atoms with Crippen molar-refractivity contribution in [1.82, 2.24) is 20.1 Å². The molecule has 1 amide bonds. The molecule has 2 N–H and O–H groups in total. The Hall–Kier alpha value is -1.43. The van der Waals surface area contributed by atoms with Gasteiger partial charge in [0.1, 0.15) is 5.82 Å². The fraction of sp³-hybridized carbons (Fsp3) is 0.706. The van der Waals surface area contributed by atoms with Crippen LogP contribution in [0, 0.1) is 22.0 Å². The Bertz CT molecular complexity index is 692. The monoisotopic (exact) mass is 334 g/mol. The molecular formula is C17H26N4OS. The first kappa shape index (κ1) is 16.4. The van der Waals surface area contributed by atoms with Gasteiger partial charge in [0.15, 0.2) is 4.77 Å². The molecule has 2 saturated carbocycles. The highest BCUT2D eigenvalue weighted by molar-refractivity contribution is 7.71. The second kappa shape index (κ2) is 5.89. The smallest absolute Gasteiger partial charge is 0.224 e. The SMILES string of the molecule is CC(C)=CC1C(C(=O)NCCc2n[nH]c(=S)n2C2CC2)C1(C)C. The van der Waals surface area contributed by atoms with Crippen molar-refractivity contribution in [1.29, 1.82) is 0 Å². The molecule has 2 atom stereocenters. The zero-order valence-corrected chi connectivity index (χ0v) is 15.2. The Kier molecular flexibility index (Phi) is 4.21. The van der Waals surface area contributed by atoms with Crippen molar-refractivity contribution in [2.45, 2.75) is 53.0 Å². The van der Waals surface area contributed by atoms with Gasteiger partial charge in [0.25, 0.3) is 0 Å². The molecule has 6 heteroatoms. The van der Waals surface area contributed by atoms with E-state index in [0.717, 1.165) is 12.2 Å². The molecule has 1 aromatic heterocycles. The summed E-state index contributed by atoms with van der Waals surface area (Å²) in [5, 5.41) is 10.2. The second-order valence-electron chi connectivity index (χ2n) is 7.66. The van der Waals surface area contributed by atoms with Gasteiger partial charge >= 0.3 is 0 Å². The normalized spacial score (nSPS) is 25.0. The van der Waals surface area contributed by atoms with Gasteiger partial charge in [-0.2, -0.15) is 5.10 Å². The summed E-state index contributed by atoms with van der Waals surface area (Å²) in [6.07, 6.45) is 5.29. The molecule has 126 valence electrons. The Morgan fingerprint density at radius 2 is 2.17 bits per heavy atom. The van der Waals surface area contributed by atoms with Crippen LogP contribution in [0.5, 0.6) is 0 Å². The first-order chi connectivity index (χ1) is 10.8. The fourth-order valence-electron chi connectivity index (χ4n) is 3.48. The third-order valence-electron chi connectivity index (χ3n) is 5.04. The van der Waals surface area contributed by atoms with Crippen LogP contribution in [0.1, 0.15) is 52.4 Å². The average molecular weight is 334 g/mol. The van der Waals surface area contributed by atoms with Crippen molar-refractivity contribution in [3.63, 3.8) is 0 Å². The van der Waals surface area contributed by atoms with Crippen LogP contribution < -0.4 is 5.32 Å². The van der Waals surface area contributed by atoms with E-state index in [1.54, 1.807) is 0 Å². The van der Waals surface area contributed by atoms with Gasteiger partial charge in [-0.25, -0.2) is 0 Å². The number of hydrogen-bond acceptors (Lipinski definition) is 3. The van der Waals surface area contributed by atoms with Crippen molar-refractivity contribution in [3.05, 3.63) is 22.2 Å². The number of H-pyrrole nitrogens is 1. The molecule has 1 heterocycles. The number of aromatic nitrogens is 3. The van der Waals surface area contributed by atoms with Crippen LogP contribution in [0.3, 0.4) is 0 Å². The minimum absolute atomic E-state index is 0.0649. The maximum Gasteiger partial charge on any atom is 0.224 e. The fourth-order valence-corrected chi connectivity index (χ4v) is 3.78. The average Bonchev–Trinajstić information content (AvgIpc) is 3.32. The maximum atomic E-state index is 12.4. The van der Waals surface area contributed by atoms with E-state index in [0.29, 0.717) is 23.3 Å². The number of rotatable bonds is 6. The first-order valence-corrected chi connectivity index (χ1v) is 8.81. The van der Waals surface area contributed by atoms with E-state index in [1.807, 2.05) is 0 Å². The summed E-state index contributed by atoms with van der Waals surface area (Å²) in [5.74, 6) is 1.55. The highest BCUT2D eigenvalue weighted by Crippen LogP contribution is 2.59. The van der Waals surface area contributed by atoms with Gasteiger partial charge in [0.2, 0.25) is 5.91 Å². The van der Waals surface area contributed by atoms with E-state index in [2.05, 4.69) is 53.9 Å². The summed E-state index contributed by atoms with van der Waals surface area (Å²) in [6, 6.07) is 0.511. The molecule has 0 spiro atoms. The predicted octanol–water partition coefficient (Wildman–Crippen LogP) is 3.17. The largest absolute Gasteiger partial charge is 0.355 e. The summed E-state index contributed by atoms with van der Waals surface area (Å²) in [7, 11) is 0. The molecule has 0 saturated heterocycles. The summed E-state index contributed by atoms with van der Waals surface area (Å²) >= 11 is 5.28. The number of allylic oxidation sites excluding steroid dienone is 2. The summed E-state index contributed by atoms with van der Waals surface area (Å²) in [6.45, 7) is 9.12. The Balaban J connectivity index is 1.55. The van der Waals surface area contributed by atoms with E-state index >= 15 is 0 Å². The highest BCUT2D eigenvalue weighted by Gasteiger charge is 2.60. The minimum atomic E-state index is 0.0649. The molecule has 2 fully saturated rings. The molecule has 2 unspecified atom stereocenters. The maximum absolute atomic E-state index is 12.4. The number of nitrogens with zero attached hydrogens (tertiary/aromatic N) is 2. The Morgan fingerprint density at radius 1 is 1.48 bits per heavy atom. The van der Waals surface area contributed by atoms with Crippen LogP contribution >= 0.6 is 12.2 Å². The molecule has 0 aromatic carbocycles. The van der Waals surface area contributed by atoms with Crippen molar-refractivity contribution in [2.24, 2.45) is 17.3 Å². The zero-order chi connectivity index (χ0) is 16.8. The van der Waals surface area contributed by atoms with Gasteiger partial charge in [-0.15, -0.1) is 0 Å². The molecule has 0 bridgehead atoms. The summed E-state index contributed by atoms with van der Waals surface area (Å²) in [4.78, 5) is 12.4. The zero-order valence-electron chi connectivity index (χ0n) is 14.3. The molecule has 23 heavy (non-hydrogen) atoms. The van der Waals surface area contributed by atoms with E-state index in [-0.39, 0.29) is 17.2 Å². The molecule has 2 aliphatic carbocycles. The van der Waals surface area contributed by atoms with Gasteiger partial charge in [-0.3, -0.25) is 9.89 Å². The molecule has 2 aliphatic rings. The number of carbonyl (C=O) groups is 1. The van der Waals surface area contributed by atoms with E-state index in [9.17, 15) is 4.79 Å². The van der Waals surface area contributed by atoms with E-state index < -0.39 is 0 Å². The topological polar surface area (TPSA) is 62.7 Å². The lowest BCUT2D eigenvalue weighted by molar-refractivity contribution is -0.123. The van der Waals surface area contributed by atoms with Crippen molar-refractivity contribution in [2.75, 3.05) is 6.54 Å². The standard InChI is InChI=1S/C17H26N4OS/c1-10(2)9-12-14(17(12,3)4)15(22)18-8-7-13-19-20-16(23)21(13)11-5-6-11/h9,11-12,14H,5-8H2,1-4H3,(H,18,22)(H,20,23). The van der Waals surface area contributed by atoms with Crippen LogP contribution in [0.2, 0.25) is 0 Å². The van der Waals surface area contributed by atoms with Crippen molar-refractivity contribution >= 4 is 18.1 Å². The van der Waals surface area contributed by atoms with Crippen molar-refractivity contribution in [3.8, 4) is 0 Å². The summed E-state index contributed by atoms with van der Waals surface area (Å²) < 4.78 is 2.80. The minimum Gasteiger partial charge on any atom is -0.355 e. The number of amides is 1. The lowest BCUT2D eigenvalue weighted by Gasteiger charge is -2.07. The highest BCUT2D eigenvalue weighted by atomic mass is 32.1. The number of carbonyl (C=O) groups excluding carboxylic acids is 1. The molecular weight excluding hydrogens is 308 g/mol. The van der Waals surface area contributed by atoms with Gasteiger partial charge in [0.05, 0.1) is 5.92 Å². The van der Waals surface area contributed by atoms with Gasteiger partial charge in [-0.05, 0) is 50.2 Å². The van der Waals surface area contributed by atoms with E-state index in [4.69, 9.17) is 12.2 Å². The third kappa shape index (κ3) is 3.27. The lowest BCUT2D eigenvalue weighted by atomic mass is 10.1. The molecule has 0 aliphatic heterocycles. The van der Waals surface area contributed by atoms with Crippen LogP contribution in [0.15, 0.2) is 11.6 Å². The predicted molar refractivity (Wildman–Crippen MR) is 92.6 cm³/mol.